The number of carbonyl (C=O) groups is 2. The molecule has 0 saturated heterocycles. The molecule has 0 spiro atoms. The van der Waals surface area contributed by atoms with E-state index in [0.29, 0.717) is 0 Å². The molecule has 13 heteroatoms. The van der Waals surface area contributed by atoms with Crippen molar-refractivity contribution in [3.8, 4) is 17.2 Å². The van der Waals surface area contributed by atoms with Crippen LogP contribution in [-0.2, 0) is 9.53 Å². The summed E-state index contributed by atoms with van der Waals surface area (Å²) in [6.07, 6.45) is -4.95. The van der Waals surface area contributed by atoms with E-state index in [9.17, 15) is 38.0 Å². The van der Waals surface area contributed by atoms with E-state index in [4.69, 9.17) is 21.1 Å². The number of hydrogen-bond donors (Lipinski definition) is 1. The summed E-state index contributed by atoms with van der Waals surface area (Å²) in [6, 6.07) is 4.64. The van der Waals surface area contributed by atoms with E-state index in [1.807, 2.05) is 0 Å². The Hall–Kier alpha value is -3.54. The molecule has 0 radical (unpaired) electrons. The second-order valence-corrected chi connectivity index (χ2v) is 6.59. The van der Waals surface area contributed by atoms with Crippen LogP contribution in [0.1, 0.15) is 35.7 Å². The predicted octanol–water partition coefficient (Wildman–Crippen LogP) is 5.30. The van der Waals surface area contributed by atoms with Gasteiger partial charge in [0.2, 0.25) is 0 Å². The Labute approximate surface area is 183 Å². The van der Waals surface area contributed by atoms with Gasteiger partial charge in [0.25, 0.3) is 5.69 Å². The Kier molecular flexibility index (Phi) is 7.52. The summed E-state index contributed by atoms with van der Waals surface area (Å²) in [5.41, 5.74) is -1.89. The second-order valence-electron chi connectivity index (χ2n) is 6.19. The number of nitro benzene ring substituents is 1. The minimum Gasteiger partial charge on any atom is -0.477 e. The van der Waals surface area contributed by atoms with Crippen molar-refractivity contribution in [2.45, 2.75) is 26.1 Å². The fourth-order valence-corrected chi connectivity index (χ4v) is 2.88. The number of carbonyl (C=O) groups excluding carboxylic acids is 1. The van der Waals surface area contributed by atoms with Gasteiger partial charge >= 0.3 is 18.3 Å². The number of carboxylic acids is 1. The van der Waals surface area contributed by atoms with Gasteiger partial charge in [-0.2, -0.15) is 0 Å². The zero-order valence-corrected chi connectivity index (χ0v) is 17.2. The van der Waals surface area contributed by atoms with E-state index in [1.54, 1.807) is 0 Å². The Bertz CT molecular complexity index is 1060. The summed E-state index contributed by atoms with van der Waals surface area (Å²) in [6.45, 7) is 2.79. The molecule has 1 atom stereocenters. The highest BCUT2D eigenvalue weighted by atomic mass is 35.5. The van der Waals surface area contributed by atoms with Gasteiger partial charge in [-0.05, 0) is 32.0 Å². The van der Waals surface area contributed by atoms with Gasteiger partial charge in [0, 0.05) is 17.7 Å². The number of carboxylic acid groups (broad SMARTS) is 1. The van der Waals surface area contributed by atoms with Crippen molar-refractivity contribution in [1.29, 1.82) is 0 Å². The highest BCUT2D eigenvalue weighted by molar-refractivity contribution is 6.32. The van der Waals surface area contributed by atoms with E-state index in [1.165, 1.54) is 13.8 Å². The number of hydrogen-bond acceptors (Lipinski definition) is 7. The van der Waals surface area contributed by atoms with Gasteiger partial charge in [-0.1, -0.05) is 11.6 Å². The van der Waals surface area contributed by atoms with Crippen LogP contribution in [0.3, 0.4) is 0 Å². The Balaban J connectivity index is 2.54. The summed E-state index contributed by atoms with van der Waals surface area (Å²) in [5, 5.41) is 20.6. The molecule has 0 aliphatic carbocycles. The van der Waals surface area contributed by atoms with Crippen LogP contribution in [0, 0.1) is 10.1 Å². The largest absolute Gasteiger partial charge is 0.573 e. The summed E-state index contributed by atoms with van der Waals surface area (Å²) >= 11 is 5.92. The first-order chi connectivity index (χ1) is 14.8. The molecule has 32 heavy (non-hydrogen) atoms. The van der Waals surface area contributed by atoms with Gasteiger partial charge in [-0.15, -0.1) is 13.2 Å². The highest BCUT2D eigenvalue weighted by Gasteiger charge is 2.33. The molecule has 0 heterocycles. The van der Waals surface area contributed by atoms with Gasteiger partial charge < -0.3 is 19.3 Å². The third kappa shape index (κ3) is 6.00. The molecule has 2 rings (SSSR count). The molecule has 0 fully saturated rings. The molecule has 0 bridgehead atoms. The van der Waals surface area contributed by atoms with Crippen LogP contribution in [0.25, 0.3) is 0 Å². The third-order valence-electron chi connectivity index (χ3n) is 4.00. The molecular formula is C19H15ClF3NO8. The topological polar surface area (TPSA) is 125 Å². The van der Waals surface area contributed by atoms with Crippen molar-refractivity contribution in [3.05, 3.63) is 56.6 Å². The number of benzene rings is 2. The maximum Gasteiger partial charge on any atom is 0.573 e. The van der Waals surface area contributed by atoms with E-state index in [-0.39, 0.29) is 28.7 Å². The molecule has 0 aliphatic heterocycles. The lowest BCUT2D eigenvalue weighted by Crippen LogP contribution is -2.17. The van der Waals surface area contributed by atoms with Crippen molar-refractivity contribution in [3.63, 3.8) is 0 Å². The number of nitrogens with zero attached hydrogens (tertiary/aromatic N) is 1. The molecule has 9 nitrogen and oxygen atoms in total. The Morgan fingerprint density at radius 3 is 2.38 bits per heavy atom. The SMILES string of the molecule is CCOC(=O)C(C)c1cc(Oc2ccc(OC(F)(F)F)cc2Cl)cc(C(=O)O)c1[N+](=O)[O-]. The number of rotatable bonds is 8. The molecule has 2 aromatic carbocycles. The van der Waals surface area contributed by atoms with Crippen LogP contribution in [0.15, 0.2) is 30.3 Å². The number of esters is 1. The van der Waals surface area contributed by atoms with Crippen molar-refractivity contribution in [2.75, 3.05) is 6.61 Å². The van der Waals surface area contributed by atoms with Gasteiger partial charge in [0.15, 0.2) is 0 Å². The van der Waals surface area contributed by atoms with Crippen LogP contribution in [0.4, 0.5) is 18.9 Å². The minimum absolute atomic E-state index is 0.0130. The molecule has 0 aromatic heterocycles. The summed E-state index contributed by atoms with van der Waals surface area (Å²) in [7, 11) is 0. The number of ether oxygens (including phenoxy) is 3. The molecule has 1 N–H and O–H groups in total. The fraction of sp³-hybridized carbons (Fsp3) is 0.263. The van der Waals surface area contributed by atoms with Gasteiger partial charge in [0.1, 0.15) is 22.8 Å². The number of alkyl halides is 3. The lowest BCUT2D eigenvalue weighted by molar-refractivity contribution is -0.386. The number of aromatic carboxylic acids is 1. The molecule has 2 aromatic rings. The molecular weight excluding hydrogens is 463 g/mol. The van der Waals surface area contributed by atoms with Crippen LogP contribution in [0.2, 0.25) is 5.02 Å². The predicted molar refractivity (Wildman–Crippen MR) is 103 cm³/mol. The van der Waals surface area contributed by atoms with Crippen molar-refractivity contribution in [2.24, 2.45) is 0 Å². The lowest BCUT2D eigenvalue weighted by atomic mass is 9.95. The summed E-state index contributed by atoms with van der Waals surface area (Å²) < 4.78 is 51.0. The molecule has 0 amide bonds. The first kappa shape index (κ1) is 24.7. The standard InChI is InChI=1S/C19H15ClF3NO8/c1-3-30-18(27)9(2)12-6-11(7-13(17(25)26)16(12)24(28)29)31-15-5-4-10(8-14(15)20)32-19(21,22)23/h4-9H,3H2,1-2H3,(H,25,26). The van der Waals surface area contributed by atoms with Crippen molar-refractivity contribution < 1.29 is 47.0 Å². The molecule has 0 saturated carbocycles. The zero-order chi connectivity index (χ0) is 24.2. The molecule has 1 unspecified atom stereocenters. The number of halogens is 4. The Morgan fingerprint density at radius 1 is 1.22 bits per heavy atom. The quantitative estimate of drug-likeness (QED) is 0.308. The zero-order valence-electron chi connectivity index (χ0n) is 16.4. The lowest BCUT2D eigenvalue weighted by Gasteiger charge is -2.16. The first-order valence-corrected chi connectivity index (χ1v) is 9.17. The normalized spacial score (nSPS) is 12.1. The summed E-state index contributed by atoms with van der Waals surface area (Å²) in [5.74, 6) is -4.81. The fourth-order valence-electron chi connectivity index (χ4n) is 2.67. The van der Waals surface area contributed by atoms with Crippen LogP contribution in [-0.4, -0.2) is 34.9 Å². The van der Waals surface area contributed by atoms with E-state index in [2.05, 4.69) is 4.74 Å². The van der Waals surface area contributed by atoms with Crippen LogP contribution >= 0.6 is 11.6 Å². The van der Waals surface area contributed by atoms with Crippen LogP contribution in [0.5, 0.6) is 17.2 Å². The second kappa shape index (κ2) is 9.73. The first-order valence-electron chi connectivity index (χ1n) is 8.79. The third-order valence-corrected chi connectivity index (χ3v) is 4.29. The minimum atomic E-state index is -4.95. The average molecular weight is 478 g/mol. The summed E-state index contributed by atoms with van der Waals surface area (Å²) in [4.78, 5) is 34.3. The van der Waals surface area contributed by atoms with Gasteiger partial charge in [-0.25, -0.2) is 4.79 Å². The maximum absolute atomic E-state index is 12.3. The molecule has 0 aliphatic rings. The van der Waals surface area contributed by atoms with Gasteiger partial charge in [0.05, 0.1) is 22.5 Å². The maximum atomic E-state index is 12.3. The molecule has 172 valence electrons. The van der Waals surface area contributed by atoms with Gasteiger partial charge in [-0.3, -0.25) is 14.9 Å². The smallest absolute Gasteiger partial charge is 0.477 e. The Morgan fingerprint density at radius 2 is 1.88 bits per heavy atom. The van der Waals surface area contributed by atoms with E-state index < -0.39 is 46.1 Å². The van der Waals surface area contributed by atoms with Crippen molar-refractivity contribution >= 4 is 29.2 Å². The monoisotopic (exact) mass is 477 g/mol. The van der Waals surface area contributed by atoms with Crippen LogP contribution < -0.4 is 9.47 Å². The number of nitro groups is 1. The van der Waals surface area contributed by atoms with E-state index in [0.717, 1.165) is 30.3 Å². The average Bonchev–Trinajstić information content (AvgIpc) is 2.67. The van der Waals surface area contributed by atoms with Crippen molar-refractivity contribution in [1.82, 2.24) is 0 Å². The highest BCUT2D eigenvalue weighted by Crippen LogP contribution is 2.39. The van der Waals surface area contributed by atoms with E-state index >= 15 is 0 Å².